The van der Waals surface area contributed by atoms with Crippen LogP contribution in [0.15, 0.2) is 0 Å². The van der Waals surface area contributed by atoms with Gasteiger partial charge in [0.1, 0.15) is 29.7 Å². The van der Waals surface area contributed by atoms with Gasteiger partial charge in [-0.25, -0.2) is 15.8 Å². The van der Waals surface area contributed by atoms with Crippen molar-refractivity contribution in [2.45, 2.75) is 32.5 Å². The molecule has 0 radical (unpaired) electrons. The number of rotatable bonds is 5. The molecule has 0 bridgehead atoms. The van der Waals surface area contributed by atoms with E-state index in [1.165, 1.54) is 0 Å². The summed E-state index contributed by atoms with van der Waals surface area (Å²) in [5.74, 6) is 7.88. The van der Waals surface area contributed by atoms with Crippen molar-refractivity contribution in [3.63, 3.8) is 0 Å². The molecule has 0 aliphatic carbocycles. The summed E-state index contributed by atoms with van der Waals surface area (Å²) in [7, 11) is 3.41. The number of hydrazine groups is 1. The largest absolute Gasteiger partial charge is 0.377 e. The lowest BCUT2D eigenvalue weighted by Crippen LogP contribution is -2.27. The molecule has 0 saturated carbocycles. The molecule has 112 valence electrons. The highest BCUT2D eigenvalue weighted by Crippen LogP contribution is 2.28. The summed E-state index contributed by atoms with van der Waals surface area (Å²) in [5.41, 5.74) is 3.58. The first-order valence-corrected chi connectivity index (χ1v) is 6.79. The highest BCUT2D eigenvalue weighted by molar-refractivity contribution is 5.59. The average molecular weight is 281 g/mol. The highest BCUT2D eigenvalue weighted by Gasteiger charge is 2.34. The van der Waals surface area contributed by atoms with Crippen LogP contribution in [0.3, 0.4) is 0 Å². The molecular formula is C13H23N5O2. The molecule has 1 aliphatic rings. The first-order chi connectivity index (χ1) is 9.64. The van der Waals surface area contributed by atoms with Gasteiger partial charge < -0.3 is 19.8 Å². The molecule has 2 unspecified atom stereocenters. The van der Waals surface area contributed by atoms with Crippen molar-refractivity contribution in [3.8, 4) is 0 Å². The minimum absolute atomic E-state index is 0.0497. The zero-order valence-corrected chi connectivity index (χ0v) is 12.5. The van der Waals surface area contributed by atoms with Gasteiger partial charge in [-0.1, -0.05) is 6.92 Å². The third-order valence-electron chi connectivity index (χ3n) is 3.74. The number of nitrogen functional groups attached to an aromatic ring is 1. The van der Waals surface area contributed by atoms with Gasteiger partial charge >= 0.3 is 0 Å². The Morgan fingerprint density at radius 2 is 1.85 bits per heavy atom. The van der Waals surface area contributed by atoms with Crippen molar-refractivity contribution in [2.24, 2.45) is 5.84 Å². The first-order valence-electron chi connectivity index (χ1n) is 6.79. The summed E-state index contributed by atoms with van der Waals surface area (Å²) >= 11 is 0. The fraction of sp³-hybridized carbons (Fsp3) is 0.692. The predicted molar refractivity (Wildman–Crippen MR) is 77.8 cm³/mol. The molecule has 1 aliphatic heterocycles. The van der Waals surface area contributed by atoms with Crippen LogP contribution >= 0.6 is 0 Å². The summed E-state index contributed by atoms with van der Waals surface area (Å²) in [6.07, 6.45) is 0.861. The number of aromatic nitrogens is 2. The van der Waals surface area contributed by atoms with Gasteiger partial charge in [0, 0.05) is 39.3 Å². The molecule has 0 aromatic carbocycles. The lowest BCUT2D eigenvalue weighted by atomic mass is 10.2. The van der Waals surface area contributed by atoms with Gasteiger partial charge in [-0.3, -0.25) is 0 Å². The van der Waals surface area contributed by atoms with E-state index in [9.17, 15) is 0 Å². The van der Waals surface area contributed by atoms with Gasteiger partial charge in [-0.15, -0.1) is 0 Å². The molecule has 3 N–H and O–H groups in total. The Balaban J connectivity index is 2.33. The lowest BCUT2D eigenvalue weighted by molar-refractivity contribution is -0.00461. The third-order valence-corrected chi connectivity index (χ3v) is 3.74. The van der Waals surface area contributed by atoms with Crippen LogP contribution in [0.25, 0.3) is 0 Å². The second-order valence-electron chi connectivity index (χ2n) is 4.89. The highest BCUT2D eigenvalue weighted by atomic mass is 16.5. The number of nitrogens with one attached hydrogen (secondary N) is 1. The lowest BCUT2D eigenvalue weighted by Gasteiger charge is -2.21. The summed E-state index contributed by atoms with van der Waals surface area (Å²) < 4.78 is 10.9. The van der Waals surface area contributed by atoms with Gasteiger partial charge in [0.2, 0.25) is 0 Å². The van der Waals surface area contributed by atoms with Crippen molar-refractivity contribution < 1.29 is 9.47 Å². The Hall–Kier alpha value is -1.44. The minimum atomic E-state index is 0.0497. The van der Waals surface area contributed by atoms with Crippen molar-refractivity contribution in [3.05, 3.63) is 11.4 Å². The fourth-order valence-electron chi connectivity index (χ4n) is 2.53. The van der Waals surface area contributed by atoms with Crippen LogP contribution in [0, 0.1) is 6.92 Å². The topological polar surface area (TPSA) is 85.5 Å². The molecule has 20 heavy (non-hydrogen) atoms. The van der Waals surface area contributed by atoms with Crippen LogP contribution in [-0.4, -0.2) is 49.5 Å². The minimum Gasteiger partial charge on any atom is -0.377 e. The summed E-state index contributed by atoms with van der Waals surface area (Å²) in [6.45, 7) is 5.49. The van der Waals surface area contributed by atoms with E-state index < -0.39 is 0 Å². The Morgan fingerprint density at radius 3 is 2.30 bits per heavy atom. The number of nitrogens with two attached hydrogens (primary N) is 1. The normalized spacial score (nSPS) is 22.4. The number of aryl methyl sites for hydroxylation is 1. The van der Waals surface area contributed by atoms with Crippen molar-refractivity contribution in [1.29, 1.82) is 0 Å². The van der Waals surface area contributed by atoms with Gasteiger partial charge in [0.15, 0.2) is 0 Å². The van der Waals surface area contributed by atoms with Crippen LogP contribution in [0.2, 0.25) is 0 Å². The molecule has 1 fully saturated rings. The maximum absolute atomic E-state index is 5.54. The van der Waals surface area contributed by atoms with E-state index in [-0.39, 0.29) is 12.2 Å². The molecule has 0 amide bonds. The molecule has 2 atom stereocenters. The van der Waals surface area contributed by atoms with Crippen molar-refractivity contribution >= 4 is 11.6 Å². The predicted octanol–water partition coefficient (Wildman–Crippen LogP) is 0.483. The standard InChI is InChI=1S/C13H23N5O2/c1-5-11-15-12(17-14)8(2)13(16-11)18-6-9(19-3)10(7-18)20-4/h9-10H,5-7,14H2,1-4H3,(H,15,16,17). The maximum Gasteiger partial charge on any atom is 0.148 e. The van der Waals surface area contributed by atoms with E-state index in [0.29, 0.717) is 5.82 Å². The Morgan fingerprint density at radius 1 is 1.25 bits per heavy atom. The molecule has 7 heteroatoms. The average Bonchev–Trinajstić information content (AvgIpc) is 2.90. The number of nitrogens with zero attached hydrogens (tertiary/aromatic N) is 3. The second kappa shape index (κ2) is 6.34. The number of ether oxygens (including phenoxy) is 2. The molecule has 7 nitrogen and oxygen atoms in total. The maximum atomic E-state index is 5.54. The van der Waals surface area contributed by atoms with Crippen LogP contribution in [-0.2, 0) is 15.9 Å². The van der Waals surface area contributed by atoms with E-state index in [2.05, 4.69) is 20.3 Å². The summed E-state index contributed by atoms with van der Waals surface area (Å²) in [5, 5.41) is 0. The molecule has 1 aromatic rings. The second-order valence-corrected chi connectivity index (χ2v) is 4.89. The van der Waals surface area contributed by atoms with E-state index in [4.69, 9.17) is 15.3 Å². The number of methoxy groups -OCH3 is 2. The molecular weight excluding hydrogens is 258 g/mol. The van der Waals surface area contributed by atoms with Gasteiger partial charge in [0.05, 0.1) is 0 Å². The van der Waals surface area contributed by atoms with E-state index in [0.717, 1.165) is 36.7 Å². The van der Waals surface area contributed by atoms with Crippen molar-refractivity contribution in [2.75, 3.05) is 37.6 Å². The van der Waals surface area contributed by atoms with E-state index >= 15 is 0 Å². The van der Waals surface area contributed by atoms with Crippen molar-refractivity contribution in [1.82, 2.24) is 9.97 Å². The number of anilines is 2. The molecule has 1 saturated heterocycles. The summed E-state index contributed by atoms with van der Waals surface area (Å²) in [4.78, 5) is 11.2. The van der Waals surface area contributed by atoms with E-state index in [1.54, 1.807) is 14.2 Å². The van der Waals surface area contributed by atoms with Gasteiger partial charge in [-0.2, -0.15) is 0 Å². The van der Waals surface area contributed by atoms with E-state index in [1.807, 2.05) is 13.8 Å². The van der Waals surface area contributed by atoms with Crippen LogP contribution in [0.5, 0.6) is 0 Å². The zero-order chi connectivity index (χ0) is 14.7. The van der Waals surface area contributed by atoms with Gasteiger partial charge in [0.25, 0.3) is 0 Å². The third kappa shape index (κ3) is 2.70. The number of hydrogen-bond donors (Lipinski definition) is 2. The van der Waals surface area contributed by atoms with Crippen LogP contribution in [0.1, 0.15) is 18.3 Å². The van der Waals surface area contributed by atoms with Crippen LogP contribution < -0.4 is 16.2 Å². The SMILES string of the molecule is CCc1nc(NN)c(C)c(N2CC(OC)C(OC)C2)n1. The van der Waals surface area contributed by atoms with Gasteiger partial charge in [-0.05, 0) is 6.92 Å². The molecule has 1 aromatic heterocycles. The quantitative estimate of drug-likeness (QED) is 0.600. The molecule has 0 spiro atoms. The first kappa shape index (κ1) is 15.0. The fourth-order valence-corrected chi connectivity index (χ4v) is 2.53. The molecule has 2 rings (SSSR count). The Kier molecular flexibility index (Phi) is 4.74. The monoisotopic (exact) mass is 281 g/mol. The summed E-state index contributed by atoms with van der Waals surface area (Å²) in [6, 6.07) is 0. The zero-order valence-electron chi connectivity index (χ0n) is 12.5. The Labute approximate surface area is 119 Å². The Bertz CT molecular complexity index is 456. The smallest absolute Gasteiger partial charge is 0.148 e. The van der Waals surface area contributed by atoms with Crippen LogP contribution in [0.4, 0.5) is 11.6 Å². The molecule has 2 heterocycles. The number of hydrogen-bond acceptors (Lipinski definition) is 7.